The van der Waals surface area contributed by atoms with Crippen molar-refractivity contribution in [2.45, 2.75) is 6.42 Å². The number of hydrogen-bond acceptors (Lipinski definition) is 4. The Bertz CT molecular complexity index is 1080. The Kier molecular flexibility index (Phi) is 6.35. The van der Waals surface area contributed by atoms with Crippen molar-refractivity contribution < 1.29 is 18.7 Å². The van der Waals surface area contributed by atoms with Crippen LogP contribution in [0.15, 0.2) is 72.8 Å². The SMILES string of the molecule is NC(=O)c1ccc(Oc2ccc(C(=O)N3CCCN(c4ccc(F)cc4)CC3)cc2)cc1. The Morgan fingerprint density at radius 2 is 1.34 bits per heavy atom. The molecule has 4 rings (SSSR count). The molecule has 0 atom stereocenters. The van der Waals surface area contributed by atoms with Crippen molar-refractivity contribution in [3.8, 4) is 11.5 Å². The molecule has 2 amide bonds. The third-order valence-corrected chi connectivity index (χ3v) is 5.45. The highest BCUT2D eigenvalue weighted by molar-refractivity contribution is 5.94. The van der Waals surface area contributed by atoms with Crippen molar-refractivity contribution in [3.63, 3.8) is 0 Å². The summed E-state index contributed by atoms with van der Waals surface area (Å²) < 4.78 is 19.0. The molecule has 1 heterocycles. The molecule has 0 aromatic heterocycles. The smallest absolute Gasteiger partial charge is 0.253 e. The molecule has 164 valence electrons. The van der Waals surface area contributed by atoms with E-state index in [1.165, 1.54) is 12.1 Å². The summed E-state index contributed by atoms with van der Waals surface area (Å²) in [5.41, 5.74) is 7.21. The maximum absolute atomic E-state index is 13.2. The standard InChI is InChI=1S/C25H24FN3O3/c26-20-6-8-21(9-7-20)28-14-1-15-29(17-16-28)25(31)19-4-12-23(13-5-19)32-22-10-2-18(3-11-22)24(27)30/h2-13H,1,14-17H2,(H2,27,30). The molecule has 3 aromatic rings. The monoisotopic (exact) mass is 433 g/mol. The average molecular weight is 433 g/mol. The first kappa shape index (κ1) is 21.4. The zero-order valence-electron chi connectivity index (χ0n) is 17.5. The van der Waals surface area contributed by atoms with E-state index in [2.05, 4.69) is 4.90 Å². The Morgan fingerprint density at radius 3 is 1.94 bits per heavy atom. The predicted molar refractivity (Wildman–Crippen MR) is 121 cm³/mol. The van der Waals surface area contributed by atoms with Crippen LogP contribution in [0.3, 0.4) is 0 Å². The fourth-order valence-corrected chi connectivity index (χ4v) is 3.70. The molecule has 0 unspecified atom stereocenters. The van der Waals surface area contributed by atoms with E-state index in [4.69, 9.17) is 10.5 Å². The lowest BCUT2D eigenvalue weighted by atomic mass is 10.2. The Balaban J connectivity index is 1.36. The quantitative estimate of drug-likeness (QED) is 0.658. The summed E-state index contributed by atoms with van der Waals surface area (Å²) in [4.78, 5) is 28.2. The van der Waals surface area contributed by atoms with E-state index in [9.17, 15) is 14.0 Å². The number of anilines is 1. The number of ether oxygens (including phenoxy) is 1. The van der Waals surface area contributed by atoms with Crippen molar-refractivity contribution in [2.24, 2.45) is 5.73 Å². The van der Waals surface area contributed by atoms with Gasteiger partial charge in [0, 0.05) is 43.0 Å². The lowest BCUT2D eigenvalue weighted by molar-refractivity contribution is 0.0766. The van der Waals surface area contributed by atoms with Gasteiger partial charge >= 0.3 is 0 Å². The van der Waals surface area contributed by atoms with Crippen molar-refractivity contribution in [1.82, 2.24) is 4.90 Å². The number of nitrogens with zero attached hydrogens (tertiary/aromatic N) is 2. The fraction of sp³-hybridized carbons (Fsp3) is 0.200. The van der Waals surface area contributed by atoms with Gasteiger partial charge in [-0.05, 0) is 79.2 Å². The van der Waals surface area contributed by atoms with E-state index in [0.29, 0.717) is 42.3 Å². The second-order valence-corrected chi connectivity index (χ2v) is 7.62. The van der Waals surface area contributed by atoms with Crippen LogP contribution in [0.1, 0.15) is 27.1 Å². The number of rotatable bonds is 5. The van der Waals surface area contributed by atoms with Crippen LogP contribution < -0.4 is 15.4 Å². The summed E-state index contributed by atoms with van der Waals surface area (Å²) in [7, 11) is 0. The van der Waals surface area contributed by atoms with E-state index in [0.717, 1.165) is 18.7 Å². The van der Waals surface area contributed by atoms with Gasteiger partial charge in [0.2, 0.25) is 5.91 Å². The first-order chi connectivity index (χ1) is 15.5. The second kappa shape index (κ2) is 9.51. The second-order valence-electron chi connectivity index (χ2n) is 7.62. The Morgan fingerprint density at radius 1 is 0.750 bits per heavy atom. The number of carbonyl (C=O) groups excluding carboxylic acids is 2. The fourth-order valence-electron chi connectivity index (χ4n) is 3.70. The number of primary amides is 1. The molecule has 0 saturated carbocycles. The van der Waals surface area contributed by atoms with Gasteiger partial charge in [-0.2, -0.15) is 0 Å². The highest BCUT2D eigenvalue weighted by Gasteiger charge is 2.20. The first-order valence-corrected chi connectivity index (χ1v) is 10.5. The van der Waals surface area contributed by atoms with Gasteiger partial charge in [0.05, 0.1) is 0 Å². The highest BCUT2D eigenvalue weighted by Crippen LogP contribution is 2.23. The molecule has 1 aliphatic heterocycles. The van der Waals surface area contributed by atoms with Crippen molar-refractivity contribution in [2.75, 3.05) is 31.1 Å². The minimum Gasteiger partial charge on any atom is -0.457 e. The van der Waals surface area contributed by atoms with E-state index in [1.54, 1.807) is 60.7 Å². The molecule has 2 N–H and O–H groups in total. The van der Waals surface area contributed by atoms with Crippen LogP contribution in [0.25, 0.3) is 0 Å². The number of halogens is 1. The summed E-state index contributed by atoms with van der Waals surface area (Å²) in [6.45, 7) is 2.78. The Hall–Kier alpha value is -3.87. The summed E-state index contributed by atoms with van der Waals surface area (Å²) in [5, 5.41) is 0. The third-order valence-electron chi connectivity index (χ3n) is 5.45. The van der Waals surface area contributed by atoms with Gasteiger partial charge in [-0.15, -0.1) is 0 Å². The lowest BCUT2D eigenvalue weighted by Crippen LogP contribution is -2.35. The molecule has 0 radical (unpaired) electrons. The first-order valence-electron chi connectivity index (χ1n) is 10.5. The maximum Gasteiger partial charge on any atom is 0.253 e. The molecule has 7 heteroatoms. The van der Waals surface area contributed by atoms with E-state index >= 15 is 0 Å². The molecule has 32 heavy (non-hydrogen) atoms. The molecule has 0 spiro atoms. The van der Waals surface area contributed by atoms with Gasteiger partial charge in [0.15, 0.2) is 0 Å². The van der Waals surface area contributed by atoms with Crippen LogP contribution >= 0.6 is 0 Å². The van der Waals surface area contributed by atoms with Crippen molar-refractivity contribution in [3.05, 3.63) is 89.7 Å². The molecule has 0 aliphatic carbocycles. The summed E-state index contributed by atoms with van der Waals surface area (Å²) >= 11 is 0. The van der Waals surface area contributed by atoms with Crippen LogP contribution in [0, 0.1) is 5.82 Å². The van der Waals surface area contributed by atoms with Crippen LogP contribution in [-0.4, -0.2) is 42.9 Å². The zero-order chi connectivity index (χ0) is 22.5. The largest absolute Gasteiger partial charge is 0.457 e. The van der Waals surface area contributed by atoms with E-state index in [-0.39, 0.29) is 11.7 Å². The van der Waals surface area contributed by atoms with Crippen molar-refractivity contribution in [1.29, 1.82) is 0 Å². The molecular weight excluding hydrogens is 409 g/mol. The van der Waals surface area contributed by atoms with Crippen LogP contribution in [-0.2, 0) is 0 Å². The molecule has 1 aliphatic rings. The van der Waals surface area contributed by atoms with E-state index < -0.39 is 5.91 Å². The van der Waals surface area contributed by atoms with Gasteiger partial charge in [-0.3, -0.25) is 9.59 Å². The third kappa shape index (κ3) is 5.06. The summed E-state index contributed by atoms with van der Waals surface area (Å²) in [6.07, 6.45) is 0.839. The number of benzene rings is 3. The van der Waals surface area contributed by atoms with Crippen molar-refractivity contribution >= 4 is 17.5 Å². The number of carbonyl (C=O) groups is 2. The maximum atomic E-state index is 13.2. The molecule has 1 saturated heterocycles. The van der Waals surface area contributed by atoms with Gasteiger partial charge in [0.1, 0.15) is 17.3 Å². The zero-order valence-corrected chi connectivity index (χ0v) is 17.5. The topological polar surface area (TPSA) is 75.9 Å². The van der Waals surface area contributed by atoms with Gasteiger partial charge in [0.25, 0.3) is 5.91 Å². The minimum atomic E-state index is -0.492. The normalized spacial score (nSPS) is 14.0. The lowest BCUT2D eigenvalue weighted by Gasteiger charge is -2.23. The van der Waals surface area contributed by atoms with Gasteiger partial charge in [-0.25, -0.2) is 4.39 Å². The molecule has 1 fully saturated rings. The number of nitrogens with two attached hydrogens (primary N) is 1. The average Bonchev–Trinajstić information content (AvgIpc) is 3.06. The molecular formula is C25H24FN3O3. The predicted octanol–water partition coefficient (Wildman–Crippen LogP) is 4.07. The van der Waals surface area contributed by atoms with Crippen LogP contribution in [0.5, 0.6) is 11.5 Å². The van der Waals surface area contributed by atoms with Crippen LogP contribution in [0.4, 0.5) is 10.1 Å². The van der Waals surface area contributed by atoms with E-state index in [1.807, 2.05) is 4.90 Å². The summed E-state index contributed by atoms with van der Waals surface area (Å²) in [6, 6.07) is 20.0. The number of hydrogen-bond donors (Lipinski definition) is 1. The minimum absolute atomic E-state index is 0.0247. The van der Waals surface area contributed by atoms with Crippen LogP contribution in [0.2, 0.25) is 0 Å². The van der Waals surface area contributed by atoms with Gasteiger partial charge < -0.3 is 20.3 Å². The molecule has 0 bridgehead atoms. The number of amides is 2. The summed E-state index contributed by atoms with van der Waals surface area (Å²) in [5.74, 6) is 0.390. The van der Waals surface area contributed by atoms with Gasteiger partial charge in [-0.1, -0.05) is 0 Å². The Labute approximate surface area is 186 Å². The highest BCUT2D eigenvalue weighted by atomic mass is 19.1. The molecule has 3 aromatic carbocycles. The molecule has 6 nitrogen and oxygen atoms in total.